The smallest absolute Gasteiger partial charge is 0.239 e. The van der Waals surface area contributed by atoms with Gasteiger partial charge in [0.15, 0.2) is 0 Å². The van der Waals surface area contributed by atoms with Crippen LogP contribution in [0.3, 0.4) is 0 Å². The van der Waals surface area contributed by atoms with Crippen LogP contribution in [0.1, 0.15) is 25.2 Å². The van der Waals surface area contributed by atoms with E-state index in [1.54, 1.807) is 7.05 Å². The lowest BCUT2D eigenvalue weighted by atomic mass is 10.2. The van der Waals surface area contributed by atoms with Gasteiger partial charge in [0.1, 0.15) is 17.5 Å². The largest absolute Gasteiger partial charge is 0.383 e. The van der Waals surface area contributed by atoms with Crippen LogP contribution in [0.4, 0.5) is 11.6 Å². The third-order valence-electron chi connectivity index (χ3n) is 2.81. The number of amides is 1. The first kappa shape index (κ1) is 14.2. The summed E-state index contributed by atoms with van der Waals surface area (Å²) in [5.74, 6) is 1.87. The van der Waals surface area contributed by atoms with Crippen LogP contribution >= 0.6 is 0 Å². The Morgan fingerprint density at radius 2 is 2.06 bits per heavy atom. The summed E-state index contributed by atoms with van der Waals surface area (Å²) in [5, 5.41) is 2.61. The number of carbonyl (C=O) groups is 1. The minimum atomic E-state index is -0.0496. The molecule has 0 aromatic carbocycles. The topological polar surface area (TPSA) is 84.1 Å². The second-order valence-electron chi connectivity index (χ2n) is 4.01. The molecule has 0 atom stereocenters. The molecular weight excluding hydrogens is 230 g/mol. The molecule has 0 aliphatic rings. The van der Waals surface area contributed by atoms with E-state index in [-0.39, 0.29) is 12.5 Å². The summed E-state index contributed by atoms with van der Waals surface area (Å²) in [6.07, 6.45) is 0.717. The van der Waals surface area contributed by atoms with Crippen LogP contribution in [-0.4, -0.2) is 36.0 Å². The number of hydrogen-bond donors (Lipinski definition) is 2. The summed E-state index contributed by atoms with van der Waals surface area (Å²) in [5.41, 5.74) is 6.69. The van der Waals surface area contributed by atoms with E-state index < -0.39 is 0 Å². The highest BCUT2D eigenvalue weighted by Gasteiger charge is 2.16. The first-order chi connectivity index (χ1) is 8.53. The van der Waals surface area contributed by atoms with Crippen molar-refractivity contribution >= 4 is 17.5 Å². The fourth-order valence-corrected chi connectivity index (χ4v) is 1.62. The summed E-state index contributed by atoms with van der Waals surface area (Å²) >= 11 is 0. The second-order valence-corrected chi connectivity index (χ2v) is 4.01. The van der Waals surface area contributed by atoms with Gasteiger partial charge in [-0.15, -0.1) is 0 Å². The van der Waals surface area contributed by atoms with E-state index in [4.69, 9.17) is 5.73 Å². The Bertz CT molecular complexity index is 433. The molecule has 0 saturated carbocycles. The van der Waals surface area contributed by atoms with Gasteiger partial charge in [-0.05, 0) is 13.8 Å². The minimum absolute atomic E-state index is 0.0496. The van der Waals surface area contributed by atoms with E-state index >= 15 is 0 Å². The van der Waals surface area contributed by atoms with E-state index in [1.807, 2.05) is 25.7 Å². The number of nitrogens with two attached hydrogens (primary N) is 1. The van der Waals surface area contributed by atoms with Gasteiger partial charge in [0.25, 0.3) is 0 Å². The number of aromatic nitrogens is 2. The Morgan fingerprint density at radius 3 is 2.56 bits per heavy atom. The fraction of sp³-hybridized carbons (Fsp3) is 0.583. The van der Waals surface area contributed by atoms with Crippen molar-refractivity contribution in [2.45, 2.75) is 27.2 Å². The molecule has 0 spiro atoms. The molecule has 0 aliphatic carbocycles. The third kappa shape index (κ3) is 3.09. The standard InChI is InChI=1S/C12H21N5O/c1-5-9-15-11(13)8(3)12(16-9)17(6-2)7-10(18)14-4/h5-7H2,1-4H3,(H,14,18)(H2,13,15,16). The molecule has 0 radical (unpaired) electrons. The summed E-state index contributed by atoms with van der Waals surface area (Å²) in [6.45, 7) is 6.78. The average Bonchev–Trinajstić information content (AvgIpc) is 2.38. The number of anilines is 2. The number of carbonyl (C=O) groups excluding carboxylic acids is 1. The second kappa shape index (κ2) is 6.18. The number of likely N-dealkylation sites (N-methyl/N-ethyl adjacent to an activating group) is 2. The highest BCUT2D eigenvalue weighted by molar-refractivity contribution is 5.81. The van der Waals surface area contributed by atoms with Gasteiger partial charge in [-0.2, -0.15) is 0 Å². The fourth-order valence-electron chi connectivity index (χ4n) is 1.62. The van der Waals surface area contributed by atoms with Gasteiger partial charge < -0.3 is 16.0 Å². The Kier molecular flexibility index (Phi) is 4.88. The molecule has 1 amide bonds. The van der Waals surface area contributed by atoms with Gasteiger partial charge in [-0.3, -0.25) is 4.79 Å². The monoisotopic (exact) mass is 251 g/mol. The minimum Gasteiger partial charge on any atom is -0.383 e. The first-order valence-corrected chi connectivity index (χ1v) is 6.11. The van der Waals surface area contributed by atoms with Crippen molar-refractivity contribution < 1.29 is 4.79 Å². The van der Waals surface area contributed by atoms with Crippen molar-refractivity contribution in [1.82, 2.24) is 15.3 Å². The maximum absolute atomic E-state index is 11.5. The van der Waals surface area contributed by atoms with E-state index in [1.165, 1.54) is 0 Å². The molecule has 1 heterocycles. The van der Waals surface area contributed by atoms with Crippen molar-refractivity contribution in [3.8, 4) is 0 Å². The molecule has 0 saturated heterocycles. The molecule has 3 N–H and O–H groups in total. The number of aryl methyl sites for hydroxylation is 1. The summed E-state index contributed by atoms with van der Waals surface area (Å²) in [6, 6.07) is 0. The lowest BCUT2D eigenvalue weighted by Crippen LogP contribution is -2.36. The maximum atomic E-state index is 11.5. The molecule has 0 unspecified atom stereocenters. The molecule has 1 aromatic rings. The Labute approximate surface area is 108 Å². The molecule has 100 valence electrons. The highest BCUT2D eigenvalue weighted by atomic mass is 16.1. The zero-order valence-corrected chi connectivity index (χ0v) is 11.4. The van der Waals surface area contributed by atoms with Crippen molar-refractivity contribution in [3.05, 3.63) is 11.4 Å². The summed E-state index contributed by atoms with van der Waals surface area (Å²) in [4.78, 5) is 22.0. The lowest BCUT2D eigenvalue weighted by Gasteiger charge is -2.23. The van der Waals surface area contributed by atoms with Crippen molar-refractivity contribution in [1.29, 1.82) is 0 Å². The Balaban J connectivity index is 3.11. The van der Waals surface area contributed by atoms with Crippen LogP contribution < -0.4 is 16.0 Å². The van der Waals surface area contributed by atoms with Crippen molar-refractivity contribution in [2.24, 2.45) is 0 Å². The Morgan fingerprint density at radius 1 is 1.39 bits per heavy atom. The Hall–Kier alpha value is -1.85. The highest BCUT2D eigenvalue weighted by Crippen LogP contribution is 2.21. The normalized spacial score (nSPS) is 10.2. The number of rotatable bonds is 5. The molecule has 0 fully saturated rings. The first-order valence-electron chi connectivity index (χ1n) is 6.11. The molecular formula is C12H21N5O. The van der Waals surface area contributed by atoms with Crippen LogP contribution in [0.15, 0.2) is 0 Å². The number of hydrogen-bond acceptors (Lipinski definition) is 5. The van der Waals surface area contributed by atoms with E-state index in [9.17, 15) is 4.79 Å². The zero-order chi connectivity index (χ0) is 13.7. The average molecular weight is 251 g/mol. The molecule has 0 bridgehead atoms. The molecule has 1 rings (SSSR count). The molecule has 6 heteroatoms. The van der Waals surface area contributed by atoms with Gasteiger partial charge in [-0.1, -0.05) is 6.92 Å². The van der Waals surface area contributed by atoms with Gasteiger partial charge in [0.2, 0.25) is 5.91 Å². The van der Waals surface area contributed by atoms with Crippen LogP contribution in [0.2, 0.25) is 0 Å². The molecule has 6 nitrogen and oxygen atoms in total. The van der Waals surface area contributed by atoms with E-state index in [0.29, 0.717) is 18.2 Å². The van der Waals surface area contributed by atoms with Gasteiger partial charge in [0, 0.05) is 25.6 Å². The molecule has 18 heavy (non-hydrogen) atoms. The SMILES string of the molecule is CCc1nc(N)c(C)c(N(CC)CC(=O)NC)n1. The molecule has 0 aliphatic heterocycles. The van der Waals surface area contributed by atoms with E-state index in [0.717, 1.165) is 17.8 Å². The van der Waals surface area contributed by atoms with Gasteiger partial charge >= 0.3 is 0 Å². The lowest BCUT2D eigenvalue weighted by molar-refractivity contribution is -0.119. The number of nitrogens with zero attached hydrogens (tertiary/aromatic N) is 3. The summed E-state index contributed by atoms with van der Waals surface area (Å²) in [7, 11) is 1.62. The third-order valence-corrected chi connectivity index (χ3v) is 2.81. The van der Waals surface area contributed by atoms with Crippen molar-refractivity contribution in [3.63, 3.8) is 0 Å². The van der Waals surface area contributed by atoms with Gasteiger partial charge in [0.05, 0.1) is 6.54 Å². The van der Waals surface area contributed by atoms with Crippen molar-refractivity contribution in [2.75, 3.05) is 30.8 Å². The van der Waals surface area contributed by atoms with Crippen LogP contribution in [0.5, 0.6) is 0 Å². The van der Waals surface area contributed by atoms with Gasteiger partial charge in [-0.25, -0.2) is 9.97 Å². The van der Waals surface area contributed by atoms with E-state index in [2.05, 4.69) is 15.3 Å². The summed E-state index contributed by atoms with van der Waals surface area (Å²) < 4.78 is 0. The maximum Gasteiger partial charge on any atom is 0.239 e. The van der Waals surface area contributed by atoms with Crippen LogP contribution in [0.25, 0.3) is 0 Å². The zero-order valence-electron chi connectivity index (χ0n) is 11.4. The number of nitrogen functional groups attached to an aromatic ring is 1. The van der Waals surface area contributed by atoms with Crippen LogP contribution in [-0.2, 0) is 11.2 Å². The molecule has 1 aromatic heterocycles. The predicted molar refractivity (Wildman–Crippen MR) is 72.5 cm³/mol. The quantitative estimate of drug-likeness (QED) is 0.796. The predicted octanol–water partition coefficient (Wildman–Crippen LogP) is 0.502. The van der Waals surface area contributed by atoms with Crippen LogP contribution in [0, 0.1) is 6.92 Å². The number of nitrogens with one attached hydrogen (secondary N) is 1.